The number of carbonyl (C=O) groups excluding carboxylic acids is 2. The maximum atomic E-state index is 12.5. The number of hydrogen-bond donors (Lipinski definition) is 2. The van der Waals surface area contributed by atoms with Crippen LogP contribution in [0.4, 0.5) is 0 Å². The van der Waals surface area contributed by atoms with E-state index in [1.165, 1.54) is 4.90 Å². The van der Waals surface area contributed by atoms with Crippen molar-refractivity contribution in [2.75, 3.05) is 19.6 Å². The number of hydrogen-bond acceptors (Lipinski definition) is 4. The predicted molar refractivity (Wildman–Crippen MR) is 75.3 cm³/mol. The fraction of sp³-hybridized carbons (Fsp3) is 0.786. The number of primary amides is 1. The van der Waals surface area contributed by atoms with Crippen LogP contribution in [0.3, 0.4) is 0 Å². The summed E-state index contributed by atoms with van der Waals surface area (Å²) in [6, 6.07) is -1.04. The highest BCUT2D eigenvalue weighted by atomic mass is 16.4. The number of aliphatic carboxylic acids is 1. The first-order chi connectivity index (χ1) is 9.91. The second kappa shape index (κ2) is 6.43. The summed E-state index contributed by atoms with van der Waals surface area (Å²) in [5.74, 6) is -1.45. The van der Waals surface area contributed by atoms with Crippen LogP contribution >= 0.6 is 0 Å². The Balaban J connectivity index is 1.94. The Labute approximate surface area is 124 Å². The monoisotopic (exact) mass is 297 g/mol. The molecule has 2 saturated heterocycles. The molecule has 0 aliphatic carbocycles. The van der Waals surface area contributed by atoms with Gasteiger partial charge in [0.15, 0.2) is 0 Å². The highest BCUT2D eigenvalue weighted by Crippen LogP contribution is 2.23. The van der Waals surface area contributed by atoms with E-state index in [0.29, 0.717) is 38.9 Å². The van der Waals surface area contributed by atoms with Crippen LogP contribution in [0, 0.1) is 5.92 Å². The number of carboxylic acid groups (broad SMARTS) is 1. The molecule has 2 aliphatic heterocycles. The molecule has 2 aliphatic rings. The minimum atomic E-state index is -0.930. The van der Waals surface area contributed by atoms with Gasteiger partial charge in [0.25, 0.3) is 0 Å². The molecular formula is C14H23N3O4. The van der Waals surface area contributed by atoms with Crippen LogP contribution in [0.1, 0.15) is 32.6 Å². The van der Waals surface area contributed by atoms with Crippen LogP contribution in [-0.4, -0.2) is 64.4 Å². The zero-order valence-corrected chi connectivity index (χ0v) is 12.3. The molecule has 0 aromatic rings. The Morgan fingerprint density at radius 2 is 1.76 bits per heavy atom. The molecule has 2 unspecified atom stereocenters. The van der Waals surface area contributed by atoms with Crippen molar-refractivity contribution >= 4 is 17.8 Å². The van der Waals surface area contributed by atoms with Crippen molar-refractivity contribution in [2.24, 2.45) is 11.7 Å². The molecule has 0 bridgehead atoms. The number of likely N-dealkylation sites (tertiary alicyclic amines) is 2. The maximum Gasteiger partial charge on any atom is 0.326 e. The number of piperidine rings is 1. The molecule has 0 spiro atoms. The van der Waals surface area contributed by atoms with Crippen LogP contribution in [0.25, 0.3) is 0 Å². The Hall–Kier alpha value is -1.63. The van der Waals surface area contributed by atoms with Crippen molar-refractivity contribution < 1.29 is 19.5 Å². The van der Waals surface area contributed by atoms with Gasteiger partial charge in [-0.3, -0.25) is 14.5 Å². The van der Waals surface area contributed by atoms with Gasteiger partial charge in [0, 0.05) is 12.5 Å². The first-order valence-electron chi connectivity index (χ1n) is 7.48. The third kappa shape index (κ3) is 3.34. The third-order valence-electron chi connectivity index (χ3n) is 4.66. The second-order valence-corrected chi connectivity index (χ2v) is 5.92. The Kier molecular flexibility index (Phi) is 4.82. The SMILES string of the molecule is CC(C(=O)N1CCCC1C(=O)O)N1CCC(C(N)=O)CC1. The van der Waals surface area contributed by atoms with Crippen molar-refractivity contribution in [3.05, 3.63) is 0 Å². The van der Waals surface area contributed by atoms with Crippen LogP contribution < -0.4 is 5.73 Å². The molecule has 2 amide bonds. The normalized spacial score (nSPS) is 25.8. The summed E-state index contributed by atoms with van der Waals surface area (Å²) in [5, 5.41) is 9.16. The molecular weight excluding hydrogens is 274 g/mol. The summed E-state index contributed by atoms with van der Waals surface area (Å²) in [5.41, 5.74) is 5.30. The van der Waals surface area contributed by atoms with E-state index in [1.807, 2.05) is 11.8 Å². The molecule has 3 N–H and O–H groups in total. The summed E-state index contributed by atoms with van der Waals surface area (Å²) in [4.78, 5) is 38.3. The number of amides is 2. The maximum absolute atomic E-state index is 12.5. The van der Waals surface area contributed by atoms with Gasteiger partial charge in [-0.2, -0.15) is 0 Å². The van der Waals surface area contributed by atoms with Gasteiger partial charge in [-0.15, -0.1) is 0 Å². The Bertz CT molecular complexity index is 432. The van der Waals surface area contributed by atoms with Crippen molar-refractivity contribution in [1.29, 1.82) is 0 Å². The molecule has 0 saturated carbocycles. The molecule has 0 aromatic heterocycles. The molecule has 2 fully saturated rings. The van der Waals surface area contributed by atoms with E-state index in [-0.39, 0.29) is 23.8 Å². The lowest BCUT2D eigenvalue weighted by Gasteiger charge is -2.36. The highest BCUT2D eigenvalue weighted by Gasteiger charge is 2.38. The van der Waals surface area contributed by atoms with E-state index in [9.17, 15) is 14.4 Å². The van der Waals surface area contributed by atoms with Crippen LogP contribution in [0.2, 0.25) is 0 Å². The van der Waals surface area contributed by atoms with Crippen molar-refractivity contribution in [3.8, 4) is 0 Å². The lowest BCUT2D eigenvalue weighted by atomic mass is 9.95. The lowest BCUT2D eigenvalue weighted by Crippen LogP contribution is -2.52. The fourth-order valence-corrected chi connectivity index (χ4v) is 3.25. The van der Waals surface area contributed by atoms with Crippen LogP contribution in [-0.2, 0) is 14.4 Å². The van der Waals surface area contributed by atoms with E-state index < -0.39 is 12.0 Å². The molecule has 0 radical (unpaired) electrons. The number of carboxylic acids is 1. The van der Waals surface area contributed by atoms with Gasteiger partial charge in [0.1, 0.15) is 6.04 Å². The molecule has 21 heavy (non-hydrogen) atoms. The van der Waals surface area contributed by atoms with E-state index in [2.05, 4.69) is 0 Å². The van der Waals surface area contributed by atoms with Gasteiger partial charge < -0.3 is 15.7 Å². The summed E-state index contributed by atoms with van der Waals surface area (Å²) in [6.07, 6.45) is 2.58. The first-order valence-corrected chi connectivity index (χ1v) is 7.48. The smallest absolute Gasteiger partial charge is 0.326 e. The molecule has 2 heterocycles. The molecule has 0 aromatic carbocycles. The average Bonchev–Trinajstić information content (AvgIpc) is 2.95. The van der Waals surface area contributed by atoms with Gasteiger partial charge in [-0.25, -0.2) is 4.79 Å². The molecule has 7 nitrogen and oxygen atoms in total. The minimum absolute atomic E-state index is 0.109. The molecule has 7 heteroatoms. The second-order valence-electron chi connectivity index (χ2n) is 5.92. The zero-order chi connectivity index (χ0) is 15.6. The number of carbonyl (C=O) groups is 3. The van der Waals surface area contributed by atoms with E-state index >= 15 is 0 Å². The van der Waals surface area contributed by atoms with Gasteiger partial charge >= 0.3 is 5.97 Å². The van der Waals surface area contributed by atoms with E-state index in [1.54, 1.807) is 0 Å². The Morgan fingerprint density at radius 3 is 2.29 bits per heavy atom. The van der Waals surface area contributed by atoms with Crippen LogP contribution in [0.15, 0.2) is 0 Å². The molecule has 2 rings (SSSR count). The van der Waals surface area contributed by atoms with Crippen molar-refractivity contribution in [1.82, 2.24) is 9.80 Å². The van der Waals surface area contributed by atoms with Crippen LogP contribution in [0.5, 0.6) is 0 Å². The summed E-state index contributed by atoms with van der Waals surface area (Å²) < 4.78 is 0. The lowest BCUT2D eigenvalue weighted by molar-refractivity contribution is -0.150. The van der Waals surface area contributed by atoms with E-state index in [0.717, 1.165) is 6.42 Å². The standard InChI is InChI=1S/C14H23N3O4/c1-9(16-7-4-10(5-8-16)12(15)18)13(19)17-6-2-3-11(17)14(20)21/h9-11H,2-8H2,1H3,(H2,15,18)(H,20,21). The van der Waals surface area contributed by atoms with Crippen molar-refractivity contribution in [3.63, 3.8) is 0 Å². The van der Waals surface area contributed by atoms with Gasteiger partial charge in [-0.1, -0.05) is 0 Å². The molecule has 118 valence electrons. The minimum Gasteiger partial charge on any atom is -0.480 e. The first kappa shape index (κ1) is 15.8. The largest absolute Gasteiger partial charge is 0.480 e. The third-order valence-corrected chi connectivity index (χ3v) is 4.66. The fourth-order valence-electron chi connectivity index (χ4n) is 3.25. The number of nitrogens with zero attached hydrogens (tertiary/aromatic N) is 2. The quantitative estimate of drug-likeness (QED) is 0.738. The van der Waals surface area contributed by atoms with Gasteiger partial charge in [0.2, 0.25) is 11.8 Å². The Morgan fingerprint density at radius 1 is 1.14 bits per heavy atom. The van der Waals surface area contributed by atoms with E-state index in [4.69, 9.17) is 10.8 Å². The predicted octanol–water partition coefficient (Wildman–Crippen LogP) is -0.352. The van der Waals surface area contributed by atoms with Gasteiger partial charge in [-0.05, 0) is 45.7 Å². The van der Waals surface area contributed by atoms with Crippen molar-refractivity contribution in [2.45, 2.75) is 44.7 Å². The highest BCUT2D eigenvalue weighted by molar-refractivity contribution is 5.87. The number of rotatable bonds is 4. The average molecular weight is 297 g/mol. The zero-order valence-electron chi connectivity index (χ0n) is 12.3. The van der Waals surface area contributed by atoms with Gasteiger partial charge in [0.05, 0.1) is 6.04 Å². The summed E-state index contributed by atoms with van der Waals surface area (Å²) in [6.45, 7) is 3.61. The number of nitrogens with two attached hydrogens (primary N) is 1. The summed E-state index contributed by atoms with van der Waals surface area (Å²) >= 11 is 0. The summed E-state index contributed by atoms with van der Waals surface area (Å²) in [7, 11) is 0. The molecule has 2 atom stereocenters. The topological polar surface area (TPSA) is 104 Å².